The van der Waals surface area contributed by atoms with E-state index in [4.69, 9.17) is 0 Å². The molecule has 0 bridgehead atoms. The van der Waals surface area contributed by atoms with Crippen molar-refractivity contribution in [2.45, 2.75) is 67.7 Å². The van der Waals surface area contributed by atoms with Crippen LogP contribution in [0.4, 0.5) is 34.1 Å². The van der Waals surface area contributed by atoms with Crippen LogP contribution < -0.4 is 9.80 Å². The molecule has 0 spiro atoms. The largest absolute Gasteiger partial charge is 0.310 e. The van der Waals surface area contributed by atoms with Crippen LogP contribution in [0, 0.1) is 48.5 Å². The Morgan fingerprint density at radius 2 is 0.542 bits per heavy atom. The zero-order chi connectivity index (χ0) is 34.2. The maximum Gasteiger partial charge on any atom is 0.0466 e. The van der Waals surface area contributed by atoms with Crippen LogP contribution >= 0.6 is 0 Å². The second kappa shape index (κ2) is 13.2. The molecule has 242 valence electrons. The van der Waals surface area contributed by atoms with Gasteiger partial charge in [0, 0.05) is 39.5 Å². The first-order valence-electron chi connectivity index (χ1n) is 17.0. The van der Waals surface area contributed by atoms with E-state index in [-0.39, 0.29) is 5.41 Å². The first kappa shape index (κ1) is 32.8. The van der Waals surface area contributed by atoms with E-state index in [9.17, 15) is 0 Å². The highest BCUT2D eigenvalue weighted by Gasteiger charge is 2.25. The minimum absolute atomic E-state index is 0.184. The standard InChI is InChI=1S/C46H48N2/c1-31-10-16-40(17-11-31)47(43-25-32(2)22-33(3)26-43)41-18-12-38(13-19-41)46(8,9)39-14-20-42(21-15-39)48(44-27-34(4)23-35(5)28-44)45-29-36(6)24-37(7)30-45/h10-30H,1-9H3. The Balaban J connectivity index is 1.35. The molecule has 48 heavy (non-hydrogen) atoms. The monoisotopic (exact) mass is 628 g/mol. The number of rotatable bonds is 8. The topological polar surface area (TPSA) is 6.48 Å². The molecule has 0 N–H and O–H groups in total. The lowest BCUT2D eigenvalue weighted by molar-refractivity contribution is 0.641. The van der Waals surface area contributed by atoms with Crippen molar-refractivity contribution in [3.63, 3.8) is 0 Å². The van der Waals surface area contributed by atoms with Crippen molar-refractivity contribution < 1.29 is 0 Å². The van der Waals surface area contributed by atoms with E-state index in [2.05, 4.69) is 200 Å². The van der Waals surface area contributed by atoms with Gasteiger partial charge in [-0.2, -0.15) is 0 Å². The average Bonchev–Trinajstić information content (AvgIpc) is 3.01. The molecule has 0 heterocycles. The molecule has 0 saturated carbocycles. The van der Waals surface area contributed by atoms with Gasteiger partial charge in [0.25, 0.3) is 0 Å². The summed E-state index contributed by atoms with van der Waals surface area (Å²) in [7, 11) is 0. The lowest BCUT2D eigenvalue weighted by atomic mass is 9.78. The quantitative estimate of drug-likeness (QED) is 0.165. The van der Waals surface area contributed by atoms with Crippen molar-refractivity contribution in [2.24, 2.45) is 0 Å². The molecule has 0 aliphatic carbocycles. The van der Waals surface area contributed by atoms with Crippen molar-refractivity contribution in [2.75, 3.05) is 9.80 Å². The fraction of sp³-hybridized carbons (Fsp3) is 0.217. The number of aryl methyl sites for hydroxylation is 7. The number of benzene rings is 6. The van der Waals surface area contributed by atoms with E-state index in [1.807, 2.05) is 0 Å². The fourth-order valence-electron chi connectivity index (χ4n) is 7.05. The molecule has 0 atom stereocenters. The van der Waals surface area contributed by atoms with Crippen molar-refractivity contribution in [1.82, 2.24) is 0 Å². The molecule has 0 amide bonds. The molecular weight excluding hydrogens is 581 g/mol. The van der Waals surface area contributed by atoms with Gasteiger partial charge in [-0.3, -0.25) is 0 Å². The van der Waals surface area contributed by atoms with Gasteiger partial charge in [0.2, 0.25) is 0 Å². The van der Waals surface area contributed by atoms with Crippen LogP contribution in [0.1, 0.15) is 63.9 Å². The Kier molecular flexibility index (Phi) is 9.03. The predicted molar refractivity (Wildman–Crippen MR) is 208 cm³/mol. The van der Waals surface area contributed by atoms with Crippen LogP contribution in [0.15, 0.2) is 127 Å². The molecule has 0 fully saturated rings. The van der Waals surface area contributed by atoms with Crippen LogP contribution in [0.3, 0.4) is 0 Å². The third-order valence-corrected chi connectivity index (χ3v) is 9.38. The van der Waals surface area contributed by atoms with Crippen LogP contribution in [-0.4, -0.2) is 0 Å². The summed E-state index contributed by atoms with van der Waals surface area (Å²) in [5, 5.41) is 0. The van der Waals surface area contributed by atoms with Crippen molar-refractivity contribution in [3.05, 3.63) is 177 Å². The number of hydrogen-bond acceptors (Lipinski definition) is 2. The Morgan fingerprint density at radius 1 is 0.292 bits per heavy atom. The van der Waals surface area contributed by atoms with Crippen LogP contribution in [0.2, 0.25) is 0 Å². The maximum atomic E-state index is 2.39. The third kappa shape index (κ3) is 6.94. The molecule has 0 aliphatic heterocycles. The van der Waals surface area contributed by atoms with E-state index in [0.717, 1.165) is 17.1 Å². The lowest BCUT2D eigenvalue weighted by Crippen LogP contribution is -2.19. The second-order valence-corrected chi connectivity index (χ2v) is 14.3. The molecule has 0 saturated heterocycles. The minimum Gasteiger partial charge on any atom is -0.310 e. The molecule has 0 unspecified atom stereocenters. The second-order valence-electron chi connectivity index (χ2n) is 14.3. The van der Waals surface area contributed by atoms with Gasteiger partial charge in [-0.05, 0) is 166 Å². The molecule has 6 aromatic rings. The van der Waals surface area contributed by atoms with Crippen molar-refractivity contribution >= 4 is 34.1 Å². The smallest absolute Gasteiger partial charge is 0.0466 e. The fourth-order valence-corrected chi connectivity index (χ4v) is 7.05. The summed E-state index contributed by atoms with van der Waals surface area (Å²) in [6.07, 6.45) is 0. The van der Waals surface area contributed by atoms with E-state index in [1.54, 1.807) is 0 Å². The van der Waals surface area contributed by atoms with Gasteiger partial charge in [-0.15, -0.1) is 0 Å². The normalized spacial score (nSPS) is 11.4. The third-order valence-electron chi connectivity index (χ3n) is 9.38. The van der Waals surface area contributed by atoms with Gasteiger partial charge in [0.15, 0.2) is 0 Å². The van der Waals surface area contributed by atoms with Crippen molar-refractivity contribution in [1.29, 1.82) is 0 Å². The summed E-state index contributed by atoms with van der Waals surface area (Å²) in [6.45, 7) is 19.8. The molecular formula is C46H48N2. The van der Waals surface area contributed by atoms with E-state index in [1.165, 1.54) is 67.1 Å². The predicted octanol–water partition coefficient (Wildman–Crippen LogP) is 13.1. The van der Waals surface area contributed by atoms with Gasteiger partial charge in [0.1, 0.15) is 0 Å². The highest BCUT2D eigenvalue weighted by atomic mass is 15.1. The highest BCUT2D eigenvalue weighted by Crippen LogP contribution is 2.41. The molecule has 0 aromatic heterocycles. The number of anilines is 6. The average molecular weight is 629 g/mol. The van der Waals surface area contributed by atoms with E-state index < -0.39 is 0 Å². The van der Waals surface area contributed by atoms with Gasteiger partial charge >= 0.3 is 0 Å². The summed E-state index contributed by atoms with van der Waals surface area (Å²) >= 11 is 0. The molecule has 0 radical (unpaired) electrons. The maximum absolute atomic E-state index is 2.39. The zero-order valence-electron chi connectivity index (χ0n) is 30.0. The molecule has 6 rings (SSSR count). The number of nitrogens with zero attached hydrogens (tertiary/aromatic N) is 2. The van der Waals surface area contributed by atoms with Gasteiger partial charge in [-0.1, -0.05) is 74.0 Å². The lowest BCUT2D eigenvalue weighted by Gasteiger charge is -2.30. The van der Waals surface area contributed by atoms with E-state index >= 15 is 0 Å². The van der Waals surface area contributed by atoms with Crippen LogP contribution in [0.5, 0.6) is 0 Å². The minimum atomic E-state index is -0.184. The van der Waals surface area contributed by atoms with E-state index in [0.29, 0.717) is 0 Å². The summed E-state index contributed by atoms with van der Waals surface area (Å²) in [5.74, 6) is 0. The first-order chi connectivity index (χ1) is 22.9. The van der Waals surface area contributed by atoms with Crippen molar-refractivity contribution in [3.8, 4) is 0 Å². The number of hydrogen-bond donors (Lipinski definition) is 0. The summed E-state index contributed by atoms with van der Waals surface area (Å²) in [6, 6.07) is 47.5. The molecule has 2 heteroatoms. The SMILES string of the molecule is Cc1ccc(N(c2ccc(C(C)(C)c3ccc(N(c4cc(C)cc(C)c4)c4cc(C)cc(C)c4)cc3)cc2)c2cc(C)cc(C)c2)cc1. The van der Waals surface area contributed by atoms with Crippen LogP contribution in [-0.2, 0) is 5.41 Å². The highest BCUT2D eigenvalue weighted by molar-refractivity contribution is 5.79. The zero-order valence-corrected chi connectivity index (χ0v) is 30.0. The van der Waals surface area contributed by atoms with Gasteiger partial charge < -0.3 is 9.80 Å². The summed E-state index contributed by atoms with van der Waals surface area (Å²) in [4.78, 5) is 4.75. The summed E-state index contributed by atoms with van der Waals surface area (Å²) in [5.41, 5.74) is 18.2. The summed E-state index contributed by atoms with van der Waals surface area (Å²) < 4.78 is 0. The van der Waals surface area contributed by atoms with Crippen LogP contribution in [0.25, 0.3) is 0 Å². The Labute approximate surface area is 288 Å². The van der Waals surface area contributed by atoms with Gasteiger partial charge in [-0.25, -0.2) is 0 Å². The van der Waals surface area contributed by atoms with Gasteiger partial charge in [0.05, 0.1) is 0 Å². The first-order valence-corrected chi connectivity index (χ1v) is 17.0. The molecule has 2 nitrogen and oxygen atoms in total. The Bertz CT molecular complexity index is 1940. The molecule has 0 aliphatic rings. The molecule has 6 aromatic carbocycles. The Hall–Kier alpha value is -5.08. The Morgan fingerprint density at radius 3 is 0.833 bits per heavy atom.